The van der Waals surface area contributed by atoms with E-state index in [-0.39, 0.29) is 5.91 Å². The second kappa shape index (κ2) is 7.13. The van der Waals surface area contributed by atoms with Gasteiger partial charge in [0.25, 0.3) is 5.91 Å². The quantitative estimate of drug-likeness (QED) is 0.761. The Kier molecular flexibility index (Phi) is 4.75. The largest absolute Gasteiger partial charge is 0.495 e. The number of methoxy groups -OCH3 is 3. The number of ether oxygens (including phenoxy) is 3. The third kappa shape index (κ3) is 3.21. The highest BCUT2D eigenvalue weighted by Gasteiger charge is 2.16. The van der Waals surface area contributed by atoms with E-state index >= 15 is 0 Å². The number of rotatable bonds is 5. The molecular weight excluding hydrogens is 318 g/mol. The third-order valence-electron chi connectivity index (χ3n) is 3.97. The number of amides is 1. The maximum atomic E-state index is 12.7. The molecule has 128 valence electrons. The zero-order chi connectivity index (χ0) is 17.8. The molecule has 0 bridgehead atoms. The monoisotopic (exact) mass is 337 g/mol. The minimum absolute atomic E-state index is 0.255. The lowest BCUT2D eigenvalue weighted by atomic mass is 10.0. The maximum Gasteiger partial charge on any atom is 0.259 e. The number of nitrogens with one attached hydrogen (secondary N) is 1. The zero-order valence-corrected chi connectivity index (χ0v) is 14.3. The standard InChI is InChI=1S/C20H19NO4/c1-23-17-11-9-14(12-18(17)24-2)21-20(22)16-10-8-13-6-4-5-7-15(13)19(16)25-3/h4-12H,1-3H3,(H,21,22). The molecule has 0 aliphatic carbocycles. The molecule has 1 N–H and O–H groups in total. The molecule has 0 saturated carbocycles. The molecule has 0 fully saturated rings. The highest BCUT2D eigenvalue weighted by atomic mass is 16.5. The summed E-state index contributed by atoms with van der Waals surface area (Å²) in [6.45, 7) is 0. The van der Waals surface area contributed by atoms with E-state index in [1.807, 2.05) is 30.3 Å². The fraction of sp³-hybridized carbons (Fsp3) is 0.150. The summed E-state index contributed by atoms with van der Waals surface area (Å²) in [5.74, 6) is 1.44. The van der Waals surface area contributed by atoms with Crippen LogP contribution in [0, 0.1) is 0 Å². The summed E-state index contributed by atoms with van der Waals surface area (Å²) in [5, 5.41) is 4.78. The van der Waals surface area contributed by atoms with Crippen LogP contribution in [0.25, 0.3) is 10.8 Å². The van der Waals surface area contributed by atoms with Crippen LogP contribution in [0.1, 0.15) is 10.4 Å². The minimum Gasteiger partial charge on any atom is -0.495 e. The average Bonchev–Trinajstić information content (AvgIpc) is 2.66. The number of benzene rings is 3. The molecule has 0 heterocycles. The molecule has 0 aliphatic rings. The van der Waals surface area contributed by atoms with Crippen molar-refractivity contribution < 1.29 is 19.0 Å². The van der Waals surface area contributed by atoms with Crippen LogP contribution in [0.5, 0.6) is 17.2 Å². The Morgan fingerprint density at radius 1 is 0.840 bits per heavy atom. The summed E-state index contributed by atoms with van der Waals surface area (Å²) in [5.41, 5.74) is 1.08. The number of hydrogen-bond donors (Lipinski definition) is 1. The Morgan fingerprint density at radius 3 is 2.32 bits per heavy atom. The Bertz CT molecular complexity index is 921. The van der Waals surface area contributed by atoms with Gasteiger partial charge in [-0.05, 0) is 23.6 Å². The minimum atomic E-state index is -0.255. The van der Waals surface area contributed by atoms with Crippen LogP contribution < -0.4 is 19.5 Å². The van der Waals surface area contributed by atoms with Crippen molar-refractivity contribution >= 4 is 22.4 Å². The molecule has 1 amide bonds. The molecule has 0 unspecified atom stereocenters. The van der Waals surface area contributed by atoms with E-state index in [1.165, 1.54) is 0 Å². The SMILES string of the molecule is COc1ccc(NC(=O)c2ccc3ccccc3c2OC)cc1OC. The first-order chi connectivity index (χ1) is 12.2. The molecule has 25 heavy (non-hydrogen) atoms. The van der Waals surface area contributed by atoms with Gasteiger partial charge in [0.1, 0.15) is 5.75 Å². The van der Waals surface area contributed by atoms with Crippen molar-refractivity contribution in [3.63, 3.8) is 0 Å². The number of hydrogen-bond acceptors (Lipinski definition) is 4. The molecule has 0 atom stereocenters. The molecule has 0 radical (unpaired) electrons. The van der Waals surface area contributed by atoms with Crippen molar-refractivity contribution in [1.82, 2.24) is 0 Å². The Morgan fingerprint density at radius 2 is 1.60 bits per heavy atom. The van der Waals surface area contributed by atoms with Gasteiger partial charge in [-0.15, -0.1) is 0 Å². The molecule has 5 nitrogen and oxygen atoms in total. The van der Waals surface area contributed by atoms with Gasteiger partial charge in [-0.3, -0.25) is 4.79 Å². The fourth-order valence-corrected chi connectivity index (χ4v) is 2.75. The smallest absolute Gasteiger partial charge is 0.259 e. The van der Waals surface area contributed by atoms with Gasteiger partial charge in [-0.2, -0.15) is 0 Å². The van der Waals surface area contributed by atoms with Crippen molar-refractivity contribution in [3.05, 3.63) is 60.2 Å². The van der Waals surface area contributed by atoms with Gasteiger partial charge in [0, 0.05) is 17.1 Å². The van der Waals surface area contributed by atoms with Gasteiger partial charge in [0.15, 0.2) is 11.5 Å². The summed E-state index contributed by atoms with van der Waals surface area (Å²) in [7, 11) is 4.68. The fourth-order valence-electron chi connectivity index (χ4n) is 2.75. The summed E-state index contributed by atoms with van der Waals surface area (Å²) in [6, 6.07) is 16.7. The van der Waals surface area contributed by atoms with E-state index < -0.39 is 0 Å². The Hall–Kier alpha value is -3.21. The van der Waals surface area contributed by atoms with Gasteiger partial charge < -0.3 is 19.5 Å². The van der Waals surface area contributed by atoms with Gasteiger partial charge in [0.2, 0.25) is 0 Å². The summed E-state index contributed by atoms with van der Waals surface area (Å²) in [6.07, 6.45) is 0. The first-order valence-corrected chi connectivity index (χ1v) is 7.77. The lowest BCUT2D eigenvalue weighted by molar-refractivity contribution is 0.102. The molecule has 3 aromatic rings. The van der Waals surface area contributed by atoms with Gasteiger partial charge in [-0.25, -0.2) is 0 Å². The maximum absolute atomic E-state index is 12.7. The second-order valence-corrected chi connectivity index (χ2v) is 5.39. The average molecular weight is 337 g/mol. The second-order valence-electron chi connectivity index (χ2n) is 5.39. The van der Waals surface area contributed by atoms with E-state index in [9.17, 15) is 4.79 Å². The molecule has 0 saturated heterocycles. The van der Waals surface area contributed by atoms with Gasteiger partial charge in [-0.1, -0.05) is 30.3 Å². The van der Waals surface area contributed by atoms with E-state index in [0.717, 1.165) is 10.8 Å². The van der Waals surface area contributed by atoms with E-state index in [0.29, 0.717) is 28.5 Å². The predicted octanol–water partition coefficient (Wildman–Crippen LogP) is 4.12. The lowest BCUT2D eigenvalue weighted by Crippen LogP contribution is -2.13. The van der Waals surface area contributed by atoms with E-state index in [2.05, 4.69) is 5.32 Å². The predicted molar refractivity (Wildman–Crippen MR) is 98.0 cm³/mol. The number of anilines is 1. The molecule has 3 aromatic carbocycles. The first kappa shape index (κ1) is 16.6. The van der Waals surface area contributed by atoms with Crippen LogP contribution >= 0.6 is 0 Å². The van der Waals surface area contributed by atoms with Crippen molar-refractivity contribution in [3.8, 4) is 17.2 Å². The molecule has 0 aliphatic heterocycles. The molecule has 0 spiro atoms. The van der Waals surface area contributed by atoms with Crippen LogP contribution in [0.2, 0.25) is 0 Å². The van der Waals surface area contributed by atoms with Crippen LogP contribution in [-0.4, -0.2) is 27.2 Å². The molecule has 0 aromatic heterocycles. The van der Waals surface area contributed by atoms with Crippen LogP contribution in [0.15, 0.2) is 54.6 Å². The van der Waals surface area contributed by atoms with Crippen LogP contribution in [0.4, 0.5) is 5.69 Å². The third-order valence-corrected chi connectivity index (χ3v) is 3.97. The van der Waals surface area contributed by atoms with Crippen LogP contribution in [0.3, 0.4) is 0 Å². The van der Waals surface area contributed by atoms with Crippen molar-refractivity contribution in [1.29, 1.82) is 0 Å². The summed E-state index contributed by atoms with van der Waals surface area (Å²) in [4.78, 5) is 12.7. The lowest BCUT2D eigenvalue weighted by Gasteiger charge is -2.13. The molecule has 5 heteroatoms. The topological polar surface area (TPSA) is 56.8 Å². The van der Waals surface area contributed by atoms with Crippen molar-refractivity contribution in [2.45, 2.75) is 0 Å². The van der Waals surface area contributed by atoms with Gasteiger partial charge >= 0.3 is 0 Å². The number of fused-ring (bicyclic) bond motifs is 1. The normalized spacial score (nSPS) is 10.4. The Labute approximate surface area is 146 Å². The summed E-state index contributed by atoms with van der Waals surface area (Å²) >= 11 is 0. The highest BCUT2D eigenvalue weighted by Crippen LogP contribution is 2.32. The number of carbonyl (C=O) groups is 1. The number of carbonyl (C=O) groups excluding carboxylic acids is 1. The first-order valence-electron chi connectivity index (χ1n) is 7.77. The van der Waals surface area contributed by atoms with E-state index in [4.69, 9.17) is 14.2 Å². The van der Waals surface area contributed by atoms with Crippen molar-refractivity contribution in [2.75, 3.05) is 26.6 Å². The van der Waals surface area contributed by atoms with Gasteiger partial charge in [0.05, 0.1) is 26.9 Å². The molecular formula is C20H19NO4. The van der Waals surface area contributed by atoms with Crippen LogP contribution in [-0.2, 0) is 0 Å². The summed E-state index contributed by atoms with van der Waals surface area (Å²) < 4.78 is 16.0. The highest BCUT2D eigenvalue weighted by molar-refractivity contribution is 6.10. The van der Waals surface area contributed by atoms with E-state index in [1.54, 1.807) is 45.6 Å². The molecule has 3 rings (SSSR count). The zero-order valence-electron chi connectivity index (χ0n) is 14.3. The Balaban J connectivity index is 1.95. The van der Waals surface area contributed by atoms with Crippen molar-refractivity contribution in [2.24, 2.45) is 0 Å².